The van der Waals surface area contributed by atoms with Crippen molar-refractivity contribution in [2.75, 3.05) is 6.54 Å². The standard InChI is InChI=1S/C29H36ClNO2.2C2H6.H3N/c1-7-8-26(21(4)10-9-20(3)25-13-11-19(2)22(5)17-25)23(6)29(33)31-16-15-24-12-14-27(30)28(32)18-24;2*1-2;/h11-14,17-18,32H,3-4,7-10,15-16H2,1-2,5-6H3,(H,31,33);2*1-2H3;1H3/b26-23+;;;. The van der Waals surface area contributed by atoms with Gasteiger partial charge >= 0.3 is 0 Å². The van der Waals surface area contributed by atoms with Crippen molar-refractivity contribution in [1.82, 2.24) is 11.5 Å². The highest BCUT2D eigenvalue weighted by Gasteiger charge is 2.14. The van der Waals surface area contributed by atoms with E-state index in [0.29, 0.717) is 18.0 Å². The van der Waals surface area contributed by atoms with Crippen molar-refractivity contribution in [3.05, 3.63) is 93.6 Å². The molecule has 1 amide bonds. The van der Waals surface area contributed by atoms with Crippen LogP contribution in [0.15, 0.2) is 66.3 Å². The molecule has 0 spiro atoms. The minimum atomic E-state index is -0.0780. The summed E-state index contributed by atoms with van der Waals surface area (Å²) in [7, 11) is 0. The van der Waals surface area contributed by atoms with E-state index < -0.39 is 0 Å². The molecule has 0 saturated carbocycles. The van der Waals surface area contributed by atoms with Gasteiger partial charge in [-0.1, -0.05) is 95.6 Å². The number of allylic oxidation sites excluding steroid dienone is 3. The van der Waals surface area contributed by atoms with Gasteiger partial charge in [0.2, 0.25) is 5.91 Å². The fourth-order valence-corrected chi connectivity index (χ4v) is 3.86. The molecule has 5 N–H and O–H groups in total. The van der Waals surface area contributed by atoms with Crippen LogP contribution < -0.4 is 11.5 Å². The Morgan fingerprint density at radius 3 is 2.13 bits per heavy atom. The quantitative estimate of drug-likeness (QED) is 0.195. The van der Waals surface area contributed by atoms with E-state index >= 15 is 0 Å². The summed E-state index contributed by atoms with van der Waals surface area (Å²) in [6, 6.07) is 11.6. The molecule has 0 aliphatic rings. The van der Waals surface area contributed by atoms with E-state index in [2.05, 4.69) is 57.4 Å². The van der Waals surface area contributed by atoms with E-state index in [1.165, 1.54) is 11.1 Å². The third-order valence-electron chi connectivity index (χ3n) is 6.07. The van der Waals surface area contributed by atoms with Gasteiger partial charge in [-0.15, -0.1) is 0 Å². The van der Waals surface area contributed by atoms with E-state index in [1.54, 1.807) is 12.1 Å². The number of aromatic hydroxyl groups is 1. The number of benzene rings is 2. The number of halogens is 1. The molecule has 0 unspecified atom stereocenters. The number of phenols is 1. The van der Waals surface area contributed by atoms with Crippen LogP contribution >= 0.6 is 11.6 Å². The van der Waals surface area contributed by atoms with Crippen molar-refractivity contribution < 1.29 is 9.90 Å². The van der Waals surface area contributed by atoms with Gasteiger partial charge in [0.05, 0.1) is 5.02 Å². The minimum Gasteiger partial charge on any atom is -0.506 e. The number of hydrogen-bond donors (Lipinski definition) is 3. The van der Waals surface area contributed by atoms with Crippen molar-refractivity contribution in [3.8, 4) is 5.75 Å². The number of rotatable bonds is 11. The second-order valence-electron chi connectivity index (χ2n) is 8.65. The second kappa shape index (κ2) is 20.2. The molecule has 0 bridgehead atoms. The summed E-state index contributed by atoms with van der Waals surface area (Å²) in [5.41, 5.74) is 8.46. The molecule has 0 saturated heterocycles. The first-order valence-corrected chi connectivity index (χ1v) is 13.9. The first-order valence-electron chi connectivity index (χ1n) is 13.5. The number of phenolic OH excluding ortho intramolecular Hbond substituents is 1. The Balaban J connectivity index is 0. The zero-order chi connectivity index (χ0) is 28.5. The molecule has 0 aliphatic heterocycles. The maximum atomic E-state index is 12.8. The summed E-state index contributed by atoms with van der Waals surface area (Å²) >= 11 is 5.85. The summed E-state index contributed by atoms with van der Waals surface area (Å²) in [5.74, 6) is -0.0220. The lowest BCUT2D eigenvalue weighted by Crippen LogP contribution is -2.27. The highest BCUT2D eigenvalue weighted by Crippen LogP contribution is 2.28. The van der Waals surface area contributed by atoms with E-state index in [9.17, 15) is 9.90 Å². The number of aryl methyl sites for hydroxylation is 2. The highest BCUT2D eigenvalue weighted by molar-refractivity contribution is 6.32. The summed E-state index contributed by atoms with van der Waals surface area (Å²) < 4.78 is 0. The molecule has 0 aromatic heterocycles. The highest BCUT2D eigenvalue weighted by atomic mass is 35.5. The third kappa shape index (κ3) is 12.1. The Morgan fingerprint density at radius 2 is 1.58 bits per heavy atom. The Bertz CT molecular complexity index is 1070. The van der Waals surface area contributed by atoms with Gasteiger partial charge in [-0.2, -0.15) is 0 Å². The predicted octanol–water partition coefficient (Wildman–Crippen LogP) is 9.70. The van der Waals surface area contributed by atoms with E-state index in [0.717, 1.165) is 59.1 Å². The Hall–Kier alpha value is -2.82. The molecule has 0 atom stereocenters. The van der Waals surface area contributed by atoms with Gasteiger partial charge in [-0.3, -0.25) is 4.79 Å². The molecule has 0 fully saturated rings. The topological polar surface area (TPSA) is 84.3 Å². The van der Waals surface area contributed by atoms with Crippen LogP contribution in [0.5, 0.6) is 5.75 Å². The van der Waals surface area contributed by atoms with Crippen molar-refractivity contribution in [3.63, 3.8) is 0 Å². The first-order chi connectivity index (χ1) is 17.6. The summed E-state index contributed by atoms with van der Waals surface area (Å²) in [4.78, 5) is 12.8. The number of nitrogens with one attached hydrogen (secondary N) is 1. The predicted molar refractivity (Wildman–Crippen MR) is 168 cm³/mol. The number of carbonyl (C=O) groups excluding carboxylic acids is 1. The molecule has 2 rings (SSSR count). The number of carbonyl (C=O) groups is 1. The second-order valence-corrected chi connectivity index (χ2v) is 9.06. The molecule has 4 nitrogen and oxygen atoms in total. The molecule has 212 valence electrons. The lowest BCUT2D eigenvalue weighted by atomic mass is 9.91. The summed E-state index contributed by atoms with van der Waals surface area (Å²) in [6.45, 7) is 25.3. The van der Waals surface area contributed by atoms with Crippen LogP contribution in [0, 0.1) is 13.8 Å². The van der Waals surface area contributed by atoms with Crippen LogP contribution in [-0.4, -0.2) is 17.6 Å². The molecular formula is C33H51ClN2O2. The van der Waals surface area contributed by atoms with Crippen LogP contribution in [0.2, 0.25) is 5.02 Å². The normalized spacial score (nSPS) is 10.4. The number of hydrogen-bond acceptors (Lipinski definition) is 3. The molecule has 2 aromatic carbocycles. The van der Waals surface area contributed by atoms with Crippen LogP contribution in [0.25, 0.3) is 5.57 Å². The van der Waals surface area contributed by atoms with Gasteiger partial charge in [0.15, 0.2) is 0 Å². The zero-order valence-electron chi connectivity index (χ0n) is 25.1. The van der Waals surface area contributed by atoms with Gasteiger partial charge in [0.1, 0.15) is 5.75 Å². The van der Waals surface area contributed by atoms with Gasteiger partial charge in [-0.25, -0.2) is 0 Å². The van der Waals surface area contributed by atoms with E-state index in [-0.39, 0.29) is 17.8 Å². The van der Waals surface area contributed by atoms with Crippen LogP contribution in [-0.2, 0) is 11.2 Å². The van der Waals surface area contributed by atoms with Crippen molar-refractivity contribution >= 4 is 23.1 Å². The zero-order valence-corrected chi connectivity index (χ0v) is 25.8. The van der Waals surface area contributed by atoms with Gasteiger partial charge in [-0.05, 0) is 92.0 Å². The van der Waals surface area contributed by atoms with Crippen LogP contribution in [0.1, 0.15) is 89.5 Å². The summed E-state index contributed by atoms with van der Waals surface area (Å²) in [5, 5.41) is 13.0. The largest absolute Gasteiger partial charge is 0.506 e. The Labute approximate surface area is 237 Å². The minimum absolute atomic E-state index is 0. The van der Waals surface area contributed by atoms with Crippen molar-refractivity contribution in [1.29, 1.82) is 0 Å². The maximum absolute atomic E-state index is 12.8. The molecule has 2 aromatic rings. The molecular weight excluding hydrogens is 492 g/mol. The van der Waals surface area contributed by atoms with Gasteiger partial charge < -0.3 is 16.6 Å². The van der Waals surface area contributed by atoms with E-state index in [1.807, 2.05) is 40.7 Å². The molecule has 38 heavy (non-hydrogen) atoms. The van der Waals surface area contributed by atoms with Gasteiger partial charge in [0.25, 0.3) is 0 Å². The lowest BCUT2D eigenvalue weighted by molar-refractivity contribution is -0.117. The Kier molecular flexibility index (Phi) is 19.8. The molecule has 0 radical (unpaired) electrons. The fraction of sp³-hybridized carbons (Fsp3) is 0.424. The maximum Gasteiger partial charge on any atom is 0.247 e. The van der Waals surface area contributed by atoms with Crippen LogP contribution in [0.4, 0.5) is 0 Å². The molecule has 0 aliphatic carbocycles. The first kappa shape index (κ1) is 37.3. The molecule has 5 heteroatoms. The number of amides is 1. The smallest absolute Gasteiger partial charge is 0.247 e. The van der Waals surface area contributed by atoms with Gasteiger partial charge in [0, 0.05) is 12.1 Å². The van der Waals surface area contributed by atoms with Crippen molar-refractivity contribution in [2.24, 2.45) is 0 Å². The van der Waals surface area contributed by atoms with Crippen molar-refractivity contribution in [2.45, 2.75) is 87.5 Å². The Morgan fingerprint density at radius 1 is 0.947 bits per heavy atom. The fourth-order valence-electron chi connectivity index (χ4n) is 3.74. The lowest BCUT2D eigenvalue weighted by Gasteiger charge is -2.16. The monoisotopic (exact) mass is 542 g/mol. The third-order valence-corrected chi connectivity index (χ3v) is 6.39. The average Bonchev–Trinajstić information content (AvgIpc) is 2.91. The van der Waals surface area contributed by atoms with Crippen LogP contribution in [0.3, 0.4) is 0 Å². The summed E-state index contributed by atoms with van der Waals surface area (Å²) in [6.07, 6.45) is 3.96. The molecule has 0 heterocycles. The SMILES string of the molecule is C=C(CCC(=C)c1ccc(C)c(C)c1)/C(CCC)=C(\C)C(=O)NCCc1ccc(Cl)c(O)c1.CC.CC.N. The van der Waals surface area contributed by atoms with E-state index in [4.69, 9.17) is 11.6 Å². The average molecular weight is 543 g/mol.